The van der Waals surface area contributed by atoms with E-state index < -0.39 is 0 Å². The van der Waals surface area contributed by atoms with Gasteiger partial charge in [-0.2, -0.15) is 0 Å². The fraction of sp³-hybridized carbons (Fsp3) is 0.375. The zero-order chi connectivity index (χ0) is 15.1. The number of hydrogen-bond acceptors (Lipinski definition) is 4. The van der Waals surface area contributed by atoms with Crippen LogP contribution in [0.1, 0.15) is 28.8 Å². The van der Waals surface area contributed by atoms with Gasteiger partial charge in [-0.05, 0) is 36.6 Å². The molecule has 0 radical (unpaired) electrons. The molecule has 112 valence electrons. The van der Waals surface area contributed by atoms with Crippen molar-refractivity contribution < 1.29 is 19.1 Å². The number of nitrogens with one attached hydrogen (secondary N) is 1. The molecule has 21 heavy (non-hydrogen) atoms. The van der Waals surface area contributed by atoms with Crippen LogP contribution in [-0.4, -0.2) is 38.2 Å². The fourth-order valence-electron chi connectivity index (χ4n) is 2.05. The first-order valence-corrected chi connectivity index (χ1v) is 6.97. The Morgan fingerprint density at radius 2 is 2.14 bits per heavy atom. The Morgan fingerprint density at radius 3 is 2.76 bits per heavy atom. The lowest BCUT2D eigenvalue weighted by molar-refractivity contribution is -0.140. The van der Waals surface area contributed by atoms with E-state index in [-0.39, 0.29) is 18.0 Å². The summed E-state index contributed by atoms with van der Waals surface area (Å²) in [4.78, 5) is 23.0. The van der Waals surface area contributed by atoms with E-state index in [1.807, 2.05) is 0 Å². The molecule has 0 spiro atoms. The molecule has 1 aromatic rings. The van der Waals surface area contributed by atoms with E-state index in [0.717, 1.165) is 25.0 Å². The third-order valence-corrected chi connectivity index (χ3v) is 3.25. The molecule has 0 saturated carbocycles. The van der Waals surface area contributed by atoms with Gasteiger partial charge < -0.3 is 14.8 Å². The SMILES string of the molecule is CNC(=O)c1ccc(/C=C/C(=O)OCC2CCCO2)cc1. The Kier molecular flexibility index (Phi) is 5.51. The van der Waals surface area contributed by atoms with Crippen molar-refractivity contribution in [3.05, 3.63) is 41.5 Å². The third-order valence-electron chi connectivity index (χ3n) is 3.25. The van der Waals surface area contributed by atoms with Crippen molar-refractivity contribution in [3.8, 4) is 0 Å². The van der Waals surface area contributed by atoms with Crippen LogP contribution in [0.25, 0.3) is 6.08 Å². The first kappa shape index (κ1) is 15.3. The summed E-state index contributed by atoms with van der Waals surface area (Å²) >= 11 is 0. The highest BCUT2D eigenvalue weighted by Crippen LogP contribution is 2.12. The molecule has 1 heterocycles. The second kappa shape index (κ2) is 7.59. The Bertz CT molecular complexity index is 516. The van der Waals surface area contributed by atoms with Gasteiger partial charge >= 0.3 is 5.97 Å². The topological polar surface area (TPSA) is 64.6 Å². The average Bonchev–Trinajstić information content (AvgIpc) is 3.04. The van der Waals surface area contributed by atoms with Crippen LogP contribution in [-0.2, 0) is 14.3 Å². The van der Waals surface area contributed by atoms with Gasteiger partial charge in [-0.3, -0.25) is 4.79 Å². The van der Waals surface area contributed by atoms with Crippen LogP contribution >= 0.6 is 0 Å². The molecule has 0 bridgehead atoms. The first-order valence-electron chi connectivity index (χ1n) is 6.97. The second-order valence-electron chi connectivity index (χ2n) is 4.80. The number of rotatable bonds is 5. The molecule has 1 saturated heterocycles. The van der Waals surface area contributed by atoms with Gasteiger partial charge in [-0.25, -0.2) is 4.79 Å². The van der Waals surface area contributed by atoms with Gasteiger partial charge in [0.15, 0.2) is 0 Å². The van der Waals surface area contributed by atoms with Gasteiger partial charge in [0.1, 0.15) is 6.61 Å². The molecule has 1 amide bonds. The van der Waals surface area contributed by atoms with Gasteiger partial charge in [0.2, 0.25) is 0 Å². The van der Waals surface area contributed by atoms with E-state index in [0.29, 0.717) is 12.2 Å². The molecule has 2 rings (SSSR count). The molecule has 1 fully saturated rings. The minimum atomic E-state index is -0.388. The van der Waals surface area contributed by atoms with Gasteiger partial charge in [-0.15, -0.1) is 0 Å². The summed E-state index contributed by atoms with van der Waals surface area (Å²) in [5.41, 5.74) is 1.41. The maximum atomic E-state index is 11.6. The summed E-state index contributed by atoms with van der Waals surface area (Å²) in [5, 5.41) is 2.55. The molecular formula is C16H19NO4. The van der Waals surface area contributed by atoms with Crippen LogP contribution < -0.4 is 5.32 Å². The van der Waals surface area contributed by atoms with Crippen molar-refractivity contribution >= 4 is 18.0 Å². The van der Waals surface area contributed by atoms with Crippen LogP contribution in [0.4, 0.5) is 0 Å². The largest absolute Gasteiger partial charge is 0.460 e. The number of ether oxygens (including phenoxy) is 2. The van der Waals surface area contributed by atoms with Gasteiger partial charge in [0.05, 0.1) is 6.10 Å². The van der Waals surface area contributed by atoms with E-state index in [4.69, 9.17) is 9.47 Å². The van der Waals surface area contributed by atoms with Gasteiger partial charge in [0, 0.05) is 25.3 Å². The van der Waals surface area contributed by atoms with E-state index in [1.165, 1.54) is 6.08 Å². The smallest absolute Gasteiger partial charge is 0.330 e. The molecule has 0 aromatic heterocycles. The van der Waals surface area contributed by atoms with E-state index in [2.05, 4.69) is 5.32 Å². The molecule has 5 nitrogen and oxygen atoms in total. The van der Waals surface area contributed by atoms with Crippen molar-refractivity contribution in [2.24, 2.45) is 0 Å². The third kappa shape index (κ3) is 4.72. The quantitative estimate of drug-likeness (QED) is 0.663. The molecule has 1 N–H and O–H groups in total. The maximum absolute atomic E-state index is 11.6. The molecule has 1 aliphatic rings. The predicted octanol–water partition coefficient (Wildman–Crippen LogP) is 1.78. The summed E-state index contributed by atoms with van der Waals surface area (Å²) < 4.78 is 10.5. The van der Waals surface area contributed by atoms with Crippen LogP contribution in [0.5, 0.6) is 0 Å². The minimum Gasteiger partial charge on any atom is -0.460 e. The maximum Gasteiger partial charge on any atom is 0.330 e. The normalized spacial score (nSPS) is 17.9. The standard InChI is InChI=1S/C16H19NO4/c1-17-16(19)13-7-4-12(5-8-13)6-9-15(18)21-11-14-3-2-10-20-14/h4-9,14H,2-3,10-11H2,1H3,(H,17,19)/b9-6+. The van der Waals surface area contributed by atoms with Crippen molar-refractivity contribution in [2.75, 3.05) is 20.3 Å². The molecule has 0 aliphatic carbocycles. The van der Waals surface area contributed by atoms with Crippen molar-refractivity contribution in [3.63, 3.8) is 0 Å². The van der Waals surface area contributed by atoms with Crippen molar-refractivity contribution in [1.29, 1.82) is 0 Å². The number of amides is 1. The highest BCUT2D eigenvalue weighted by molar-refractivity contribution is 5.94. The Labute approximate surface area is 123 Å². The van der Waals surface area contributed by atoms with Crippen LogP contribution in [0.2, 0.25) is 0 Å². The highest BCUT2D eigenvalue weighted by atomic mass is 16.6. The summed E-state index contributed by atoms with van der Waals surface area (Å²) in [7, 11) is 1.58. The number of benzene rings is 1. The first-order chi connectivity index (χ1) is 10.2. The lowest BCUT2D eigenvalue weighted by atomic mass is 10.1. The van der Waals surface area contributed by atoms with Crippen molar-refractivity contribution in [1.82, 2.24) is 5.32 Å². The summed E-state index contributed by atoms with van der Waals surface area (Å²) in [6.45, 7) is 1.05. The number of carbonyl (C=O) groups excluding carboxylic acids is 2. The van der Waals surface area contributed by atoms with E-state index in [9.17, 15) is 9.59 Å². The van der Waals surface area contributed by atoms with Gasteiger partial charge in [0.25, 0.3) is 5.91 Å². The zero-order valence-electron chi connectivity index (χ0n) is 12.0. The van der Waals surface area contributed by atoms with Gasteiger partial charge in [-0.1, -0.05) is 12.1 Å². The number of carbonyl (C=O) groups is 2. The van der Waals surface area contributed by atoms with E-state index >= 15 is 0 Å². The lowest BCUT2D eigenvalue weighted by Crippen LogP contribution is -2.17. The zero-order valence-corrected chi connectivity index (χ0v) is 12.0. The molecule has 1 unspecified atom stereocenters. The lowest BCUT2D eigenvalue weighted by Gasteiger charge is -2.08. The monoisotopic (exact) mass is 289 g/mol. The fourth-order valence-corrected chi connectivity index (χ4v) is 2.05. The van der Waals surface area contributed by atoms with Crippen LogP contribution in [0.15, 0.2) is 30.3 Å². The minimum absolute atomic E-state index is 0.0363. The second-order valence-corrected chi connectivity index (χ2v) is 4.80. The summed E-state index contributed by atoms with van der Waals surface area (Å²) in [6.07, 6.45) is 5.04. The summed E-state index contributed by atoms with van der Waals surface area (Å²) in [6, 6.07) is 6.95. The molecular weight excluding hydrogens is 270 g/mol. The average molecular weight is 289 g/mol. The highest BCUT2D eigenvalue weighted by Gasteiger charge is 2.16. The van der Waals surface area contributed by atoms with Crippen LogP contribution in [0.3, 0.4) is 0 Å². The molecule has 5 heteroatoms. The summed E-state index contributed by atoms with van der Waals surface area (Å²) in [5.74, 6) is -0.526. The van der Waals surface area contributed by atoms with Crippen LogP contribution in [0, 0.1) is 0 Å². The number of hydrogen-bond donors (Lipinski definition) is 1. The molecule has 1 aromatic carbocycles. The van der Waals surface area contributed by atoms with Crippen molar-refractivity contribution in [2.45, 2.75) is 18.9 Å². The number of esters is 1. The Morgan fingerprint density at radius 1 is 1.38 bits per heavy atom. The van der Waals surface area contributed by atoms with E-state index in [1.54, 1.807) is 37.4 Å². The molecule has 1 aliphatic heterocycles. The Balaban J connectivity index is 1.82. The predicted molar refractivity (Wildman–Crippen MR) is 78.8 cm³/mol. The Hall–Kier alpha value is -2.14. The molecule has 1 atom stereocenters.